The molecule has 0 spiro atoms. The van der Waals surface area contributed by atoms with Gasteiger partial charge in [0, 0.05) is 17.5 Å². The quantitative estimate of drug-likeness (QED) is 0.559. The minimum atomic E-state index is -0.760. The number of fused-ring (bicyclic) bond motifs is 1. The van der Waals surface area contributed by atoms with E-state index in [2.05, 4.69) is 15.1 Å². The van der Waals surface area contributed by atoms with Crippen molar-refractivity contribution >= 4 is 10.9 Å². The summed E-state index contributed by atoms with van der Waals surface area (Å²) in [5.41, 5.74) is 1.37. The number of pyridine rings is 1. The van der Waals surface area contributed by atoms with Crippen LogP contribution in [0.3, 0.4) is 0 Å². The second-order valence-corrected chi connectivity index (χ2v) is 5.28. The van der Waals surface area contributed by atoms with Gasteiger partial charge in [0.15, 0.2) is 0 Å². The van der Waals surface area contributed by atoms with Gasteiger partial charge in [-0.05, 0) is 18.2 Å². The molecule has 0 N–H and O–H groups in total. The lowest BCUT2D eigenvalue weighted by molar-refractivity contribution is 0.399. The van der Waals surface area contributed by atoms with Gasteiger partial charge in [0.25, 0.3) is 5.89 Å². The van der Waals surface area contributed by atoms with Crippen LogP contribution in [-0.2, 0) is 0 Å². The normalized spacial score (nSPS) is 11.0. The van der Waals surface area contributed by atoms with E-state index in [9.17, 15) is 8.78 Å². The first-order valence-corrected chi connectivity index (χ1v) is 7.39. The van der Waals surface area contributed by atoms with Crippen LogP contribution in [-0.4, -0.2) is 22.2 Å². The molecular formula is C18H11F2N3O2. The molecule has 5 nitrogen and oxygen atoms in total. The van der Waals surface area contributed by atoms with Crippen molar-refractivity contribution in [1.82, 2.24) is 15.1 Å². The Morgan fingerprint density at radius 2 is 1.80 bits per heavy atom. The molecule has 7 heteroatoms. The van der Waals surface area contributed by atoms with Gasteiger partial charge in [0.05, 0.1) is 23.8 Å². The van der Waals surface area contributed by atoms with E-state index in [1.807, 2.05) is 24.3 Å². The van der Waals surface area contributed by atoms with Crippen LogP contribution in [0.2, 0.25) is 0 Å². The highest BCUT2D eigenvalue weighted by Crippen LogP contribution is 2.31. The third kappa shape index (κ3) is 2.69. The molecule has 2 aromatic heterocycles. The number of ether oxygens (including phenoxy) is 1. The van der Waals surface area contributed by atoms with Crippen molar-refractivity contribution in [2.24, 2.45) is 0 Å². The SMILES string of the molecule is COc1cc(-c2nc(-c3ccc(F)cc3F)no2)c2ccccc2n1. The number of para-hydroxylation sites is 1. The van der Waals surface area contributed by atoms with Gasteiger partial charge in [-0.2, -0.15) is 4.98 Å². The standard InChI is InChI=1S/C18H11F2N3O2/c1-24-16-9-13(11-4-2-3-5-15(11)21-16)18-22-17(23-25-18)12-7-6-10(19)8-14(12)20/h2-9H,1H3. The van der Waals surface area contributed by atoms with E-state index < -0.39 is 11.6 Å². The molecule has 2 aromatic carbocycles. The molecule has 0 aliphatic rings. The van der Waals surface area contributed by atoms with E-state index in [0.29, 0.717) is 17.0 Å². The molecule has 124 valence electrons. The second kappa shape index (κ2) is 5.94. The van der Waals surface area contributed by atoms with E-state index in [0.717, 1.165) is 17.5 Å². The van der Waals surface area contributed by atoms with Gasteiger partial charge in [-0.25, -0.2) is 13.8 Å². The molecule has 2 heterocycles. The van der Waals surface area contributed by atoms with Crippen LogP contribution < -0.4 is 4.74 Å². The third-order valence-corrected chi connectivity index (χ3v) is 3.73. The van der Waals surface area contributed by atoms with E-state index in [4.69, 9.17) is 9.26 Å². The molecule has 25 heavy (non-hydrogen) atoms. The number of nitrogens with zero attached hydrogens (tertiary/aromatic N) is 3. The molecular weight excluding hydrogens is 328 g/mol. The monoisotopic (exact) mass is 339 g/mol. The first kappa shape index (κ1) is 15.2. The minimum Gasteiger partial charge on any atom is -0.481 e. The number of rotatable bonds is 3. The lowest BCUT2D eigenvalue weighted by atomic mass is 10.1. The molecule has 4 aromatic rings. The number of aromatic nitrogens is 3. The number of benzene rings is 2. The van der Waals surface area contributed by atoms with E-state index in [1.54, 1.807) is 6.07 Å². The summed E-state index contributed by atoms with van der Waals surface area (Å²) in [6.45, 7) is 0. The van der Waals surface area contributed by atoms with Gasteiger partial charge in [0.1, 0.15) is 11.6 Å². The van der Waals surface area contributed by atoms with E-state index >= 15 is 0 Å². The summed E-state index contributed by atoms with van der Waals surface area (Å²) in [7, 11) is 1.51. The largest absolute Gasteiger partial charge is 0.481 e. The maximum atomic E-state index is 13.9. The van der Waals surface area contributed by atoms with E-state index in [-0.39, 0.29) is 17.3 Å². The first-order chi connectivity index (χ1) is 12.2. The molecule has 0 saturated heterocycles. The topological polar surface area (TPSA) is 61.0 Å². The van der Waals surface area contributed by atoms with Gasteiger partial charge in [-0.15, -0.1) is 0 Å². The molecule has 4 rings (SSSR count). The summed E-state index contributed by atoms with van der Waals surface area (Å²) < 4.78 is 37.5. The summed E-state index contributed by atoms with van der Waals surface area (Å²) in [6.07, 6.45) is 0. The third-order valence-electron chi connectivity index (χ3n) is 3.73. The first-order valence-electron chi connectivity index (χ1n) is 7.39. The van der Waals surface area contributed by atoms with Crippen molar-refractivity contribution in [3.8, 4) is 28.7 Å². The fourth-order valence-electron chi connectivity index (χ4n) is 2.55. The van der Waals surface area contributed by atoms with Gasteiger partial charge in [-0.1, -0.05) is 23.4 Å². The fraction of sp³-hybridized carbons (Fsp3) is 0.0556. The van der Waals surface area contributed by atoms with Crippen molar-refractivity contribution in [3.05, 3.63) is 60.2 Å². The smallest absolute Gasteiger partial charge is 0.259 e. The van der Waals surface area contributed by atoms with Crippen molar-refractivity contribution in [2.75, 3.05) is 7.11 Å². The predicted molar refractivity (Wildman–Crippen MR) is 86.9 cm³/mol. The van der Waals surface area contributed by atoms with Crippen LogP contribution in [0.25, 0.3) is 33.7 Å². The minimum absolute atomic E-state index is 0.0346. The molecule has 0 atom stereocenters. The molecule has 0 aliphatic carbocycles. The summed E-state index contributed by atoms with van der Waals surface area (Å²) in [5.74, 6) is -0.816. The molecule has 0 radical (unpaired) electrons. The molecule has 0 bridgehead atoms. The zero-order valence-electron chi connectivity index (χ0n) is 13.0. The Morgan fingerprint density at radius 3 is 2.60 bits per heavy atom. The summed E-state index contributed by atoms with van der Waals surface area (Å²) in [5, 5.41) is 4.60. The zero-order chi connectivity index (χ0) is 17.4. The molecule has 0 saturated carbocycles. The van der Waals surface area contributed by atoms with Crippen molar-refractivity contribution in [2.45, 2.75) is 0 Å². The van der Waals surface area contributed by atoms with E-state index in [1.165, 1.54) is 13.2 Å². The van der Waals surface area contributed by atoms with Crippen LogP contribution in [0, 0.1) is 11.6 Å². The summed E-state index contributed by atoms with van der Waals surface area (Å²) in [4.78, 5) is 8.60. The predicted octanol–water partition coefficient (Wildman–Crippen LogP) is 4.24. The number of hydrogen-bond acceptors (Lipinski definition) is 5. The average Bonchev–Trinajstić information content (AvgIpc) is 3.10. The van der Waals surface area contributed by atoms with Gasteiger partial charge < -0.3 is 9.26 Å². The molecule has 0 aliphatic heterocycles. The molecule has 0 amide bonds. The van der Waals surface area contributed by atoms with Crippen LogP contribution in [0.15, 0.2) is 53.1 Å². The van der Waals surface area contributed by atoms with Crippen LogP contribution in [0.1, 0.15) is 0 Å². The Kier molecular flexibility index (Phi) is 3.61. The highest BCUT2D eigenvalue weighted by Gasteiger charge is 2.17. The summed E-state index contributed by atoms with van der Waals surface area (Å²) in [6, 6.07) is 12.3. The number of hydrogen-bond donors (Lipinski definition) is 0. The Balaban J connectivity index is 1.86. The maximum Gasteiger partial charge on any atom is 0.259 e. The molecule has 0 fully saturated rings. The van der Waals surface area contributed by atoms with Crippen molar-refractivity contribution in [1.29, 1.82) is 0 Å². The zero-order valence-corrected chi connectivity index (χ0v) is 13.0. The Bertz CT molecular complexity index is 1080. The van der Waals surface area contributed by atoms with Gasteiger partial charge >= 0.3 is 0 Å². The fourth-order valence-corrected chi connectivity index (χ4v) is 2.55. The van der Waals surface area contributed by atoms with Crippen molar-refractivity contribution in [3.63, 3.8) is 0 Å². The second-order valence-electron chi connectivity index (χ2n) is 5.28. The van der Waals surface area contributed by atoms with Crippen LogP contribution in [0.5, 0.6) is 5.88 Å². The highest BCUT2D eigenvalue weighted by atomic mass is 19.1. The Labute approximate surface area is 140 Å². The number of methoxy groups -OCH3 is 1. The van der Waals surface area contributed by atoms with Crippen molar-refractivity contribution < 1.29 is 18.0 Å². The van der Waals surface area contributed by atoms with Crippen LogP contribution >= 0.6 is 0 Å². The molecule has 0 unspecified atom stereocenters. The van der Waals surface area contributed by atoms with Gasteiger partial charge in [0.2, 0.25) is 11.7 Å². The Morgan fingerprint density at radius 1 is 0.960 bits per heavy atom. The maximum absolute atomic E-state index is 13.9. The average molecular weight is 339 g/mol. The lowest BCUT2D eigenvalue weighted by Crippen LogP contribution is -1.91. The van der Waals surface area contributed by atoms with Crippen LogP contribution in [0.4, 0.5) is 8.78 Å². The summed E-state index contributed by atoms with van der Waals surface area (Å²) >= 11 is 0. The highest BCUT2D eigenvalue weighted by molar-refractivity contribution is 5.93. The number of halogens is 2. The van der Waals surface area contributed by atoms with Gasteiger partial charge in [-0.3, -0.25) is 0 Å². The Hall–Kier alpha value is -3.35. The lowest BCUT2D eigenvalue weighted by Gasteiger charge is -2.05.